The summed E-state index contributed by atoms with van der Waals surface area (Å²) in [5, 5.41) is 8.74. The molecule has 6 nitrogen and oxygen atoms in total. The lowest BCUT2D eigenvalue weighted by molar-refractivity contribution is 0.0724. The third kappa shape index (κ3) is 3.25. The summed E-state index contributed by atoms with van der Waals surface area (Å²) in [6, 6.07) is 8.88. The minimum absolute atomic E-state index is 0.0330. The van der Waals surface area contributed by atoms with Crippen LogP contribution < -0.4 is 0 Å². The fourth-order valence-electron chi connectivity index (χ4n) is 3.69. The van der Waals surface area contributed by atoms with Gasteiger partial charge in [0.25, 0.3) is 5.91 Å². The Kier molecular flexibility index (Phi) is 4.74. The summed E-state index contributed by atoms with van der Waals surface area (Å²) in [7, 11) is 0. The van der Waals surface area contributed by atoms with Gasteiger partial charge in [0, 0.05) is 35.2 Å². The number of amides is 1. The van der Waals surface area contributed by atoms with E-state index in [0.717, 1.165) is 41.8 Å². The van der Waals surface area contributed by atoms with Crippen LogP contribution in [0.15, 0.2) is 39.4 Å². The molecule has 27 heavy (non-hydrogen) atoms. The molecule has 1 aliphatic rings. The highest BCUT2D eigenvalue weighted by Crippen LogP contribution is 2.37. The van der Waals surface area contributed by atoms with Gasteiger partial charge in [-0.15, -0.1) is 0 Å². The molecule has 1 amide bonds. The number of nitrogens with zero attached hydrogens (tertiary/aromatic N) is 3. The molecule has 3 heterocycles. The number of aromatic nitrogens is 2. The first-order valence-electron chi connectivity index (χ1n) is 9.07. The Labute approximate surface area is 162 Å². The van der Waals surface area contributed by atoms with Gasteiger partial charge in [-0.3, -0.25) is 4.79 Å². The van der Waals surface area contributed by atoms with Crippen molar-refractivity contribution in [3.8, 4) is 11.3 Å². The number of hydrogen-bond donors (Lipinski definition) is 0. The minimum Gasteiger partial charge on any atom is -0.361 e. The van der Waals surface area contributed by atoms with E-state index in [1.54, 1.807) is 18.2 Å². The average Bonchev–Trinajstić information content (AvgIpc) is 3.40. The molecule has 1 aliphatic heterocycles. The number of likely N-dealkylation sites (tertiary alicyclic amines) is 1. The van der Waals surface area contributed by atoms with E-state index < -0.39 is 0 Å². The molecular formula is C20H20ClN3O3. The Hall–Kier alpha value is -2.60. The summed E-state index contributed by atoms with van der Waals surface area (Å²) in [6.45, 7) is 4.63. The van der Waals surface area contributed by atoms with Crippen LogP contribution in [-0.2, 0) is 6.42 Å². The highest BCUT2D eigenvalue weighted by Gasteiger charge is 2.35. The molecular weight excluding hydrogens is 366 g/mol. The number of aryl methyl sites for hydroxylation is 2. The Morgan fingerprint density at radius 3 is 2.78 bits per heavy atom. The van der Waals surface area contributed by atoms with Crippen molar-refractivity contribution in [1.29, 1.82) is 0 Å². The van der Waals surface area contributed by atoms with Crippen molar-refractivity contribution in [2.24, 2.45) is 0 Å². The lowest BCUT2D eigenvalue weighted by atomic mass is 10.0. The van der Waals surface area contributed by atoms with E-state index in [1.165, 1.54) is 0 Å². The van der Waals surface area contributed by atoms with E-state index in [4.69, 9.17) is 20.6 Å². The van der Waals surface area contributed by atoms with Crippen LogP contribution in [0.3, 0.4) is 0 Å². The Morgan fingerprint density at radius 1 is 1.26 bits per heavy atom. The molecule has 0 bridgehead atoms. The van der Waals surface area contributed by atoms with Crippen LogP contribution in [0.25, 0.3) is 11.3 Å². The van der Waals surface area contributed by atoms with Crippen molar-refractivity contribution in [3.05, 3.63) is 58.1 Å². The molecule has 1 atom stereocenters. The molecule has 0 spiro atoms. The first-order valence-corrected chi connectivity index (χ1v) is 9.45. The highest BCUT2D eigenvalue weighted by molar-refractivity contribution is 6.30. The molecule has 0 radical (unpaired) electrons. The van der Waals surface area contributed by atoms with Crippen LogP contribution in [0.5, 0.6) is 0 Å². The average molecular weight is 386 g/mol. The van der Waals surface area contributed by atoms with Crippen molar-refractivity contribution in [2.45, 2.75) is 39.2 Å². The van der Waals surface area contributed by atoms with Crippen LogP contribution in [0.2, 0.25) is 5.02 Å². The summed E-state index contributed by atoms with van der Waals surface area (Å²) in [5.41, 5.74) is 3.01. The van der Waals surface area contributed by atoms with Crippen LogP contribution in [0.1, 0.15) is 53.3 Å². The summed E-state index contributed by atoms with van der Waals surface area (Å²) in [5.74, 6) is 1.25. The maximum atomic E-state index is 13.1. The molecule has 4 rings (SSSR count). The second kappa shape index (κ2) is 7.19. The third-order valence-electron chi connectivity index (χ3n) is 5.01. The Morgan fingerprint density at radius 2 is 2.04 bits per heavy atom. The van der Waals surface area contributed by atoms with E-state index >= 15 is 0 Å². The molecule has 2 aromatic heterocycles. The van der Waals surface area contributed by atoms with Gasteiger partial charge in [-0.1, -0.05) is 28.8 Å². The molecule has 1 aromatic carbocycles. The maximum Gasteiger partial charge on any atom is 0.276 e. The van der Waals surface area contributed by atoms with Crippen molar-refractivity contribution >= 4 is 17.5 Å². The molecule has 0 saturated carbocycles. The molecule has 0 aliphatic carbocycles. The summed E-state index contributed by atoms with van der Waals surface area (Å²) in [4.78, 5) is 14.9. The van der Waals surface area contributed by atoms with Crippen LogP contribution >= 0.6 is 11.6 Å². The standard InChI is InChI=1S/C20H20ClN3O3/c1-3-17-19(12(2)22-26-17)16-5-4-10-24(16)20(25)15-11-18(27-23-15)13-6-8-14(21)9-7-13/h6-9,11,16H,3-5,10H2,1-2H3/t16-/m1/s1. The SMILES string of the molecule is CCc1onc(C)c1[C@H]1CCCN1C(=O)c1cc(-c2ccc(Cl)cc2)on1. The van der Waals surface area contributed by atoms with Gasteiger partial charge in [-0.05, 0) is 44.0 Å². The topological polar surface area (TPSA) is 72.4 Å². The van der Waals surface area contributed by atoms with Crippen LogP contribution in [0.4, 0.5) is 0 Å². The smallest absolute Gasteiger partial charge is 0.276 e. The van der Waals surface area contributed by atoms with Crippen LogP contribution in [0, 0.1) is 6.92 Å². The Bertz CT molecular complexity index is 961. The molecule has 0 N–H and O–H groups in total. The van der Waals surface area contributed by atoms with E-state index in [2.05, 4.69) is 10.3 Å². The van der Waals surface area contributed by atoms with E-state index in [1.807, 2.05) is 30.9 Å². The van der Waals surface area contributed by atoms with Gasteiger partial charge in [0.1, 0.15) is 5.76 Å². The fourth-order valence-corrected chi connectivity index (χ4v) is 3.81. The van der Waals surface area contributed by atoms with Crippen LogP contribution in [-0.4, -0.2) is 27.7 Å². The van der Waals surface area contributed by atoms with Gasteiger partial charge in [0.15, 0.2) is 11.5 Å². The van der Waals surface area contributed by atoms with Crippen molar-refractivity contribution in [3.63, 3.8) is 0 Å². The quantitative estimate of drug-likeness (QED) is 0.643. The predicted molar refractivity (Wildman–Crippen MR) is 101 cm³/mol. The molecule has 1 saturated heterocycles. The zero-order valence-electron chi connectivity index (χ0n) is 15.2. The van der Waals surface area contributed by atoms with Crippen molar-refractivity contribution < 1.29 is 13.8 Å². The first kappa shape index (κ1) is 17.8. The van der Waals surface area contributed by atoms with E-state index in [0.29, 0.717) is 23.0 Å². The number of rotatable bonds is 4. The summed E-state index contributed by atoms with van der Waals surface area (Å²) in [6.07, 6.45) is 2.58. The number of benzene rings is 1. The number of hydrogen-bond acceptors (Lipinski definition) is 5. The molecule has 0 unspecified atom stereocenters. The second-order valence-electron chi connectivity index (χ2n) is 6.70. The van der Waals surface area contributed by atoms with Gasteiger partial charge in [-0.25, -0.2) is 0 Å². The first-order chi connectivity index (χ1) is 13.1. The van der Waals surface area contributed by atoms with Gasteiger partial charge < -0.3 is 13.9 Å². The van der Waals surface area contributed by atoms with Gasteiger partial charge in [0.05, 0.1) is 11.7 Å². The largest absolute Gasteiger partial charge is 0.361 e. The Balaban J connectivity index is 1.60. The minimum atomic E-state index is -0.135. The van der Waals surface area contributed by atoms with E-state index in [-0.39, 0.29) is 11.9 Å². The number of carbonyl (C=O) groups is 1. The summed E-state index contributed by atoms with van der Waals surface area (Å²) >= 11 is 5.92. The van der Waals surface area contributed by atoms with Crippen molar-refractivity contribution in [2.75, 3.05) is 6.54 Å². The monoisotopic (exact) mass is 385 g/mol. The highest BCUT2D eigenvalue weighted by atomic mass is 35.5. The zero-order valence-corrected chi connectivity index (χ0v) is 16.0. The fraction of sp³-hybridized carbons (Fsp3) is 0.350. The predicted octanol–water partition coefficient (Wildman–Crippen LogP) is 4.83. The van der Waals surface area contributed by atoms with Gasteiger partial charge in [0.2, 0.25) is 0 Å². The lowest BCUT2D eigenvalue weighted by Crippen LogP contribution is -2.31. The third-order valence-corrected chi connectivity index (χ3v) is 5.26. The molecule has 140 valence electrons. The zero-order chi connectivity index (χ0) is 19.0. The summed E-state index contributed by atoms with van der Waals surface area (Å²) < 4.78 is 10.8. The molecule has 7 heteroatoms. The van der Waals surface area contributed by atoms with Gasteiger partial charge >= 0.3 is 0 Å². The normalized spacial score (nSPS) is 16.9. The van der Waals surface area contributed by atoms with Crippen molar-refractivity contribution in [1.82, 2.24) is 15.2 Å². The molecule has 3 aromatic rings. The molecule has 1 fully saturated rings. The van der Waals surface area contributed by atoms with E-state index in [9.17, 15) is 4.79 Å². The van der Waals surface area contributed by atoms with Gasteiger partial charge in [-0.2, -0.15) is 0 Å². The number of halogens is 1. The number of carbonyl (C=O) groups excluding carboxylic acids is 1. The second-order valence-corrected chi connectivity index (χ2v) is 7.13. The maximum absolute atomic E-state index is 13.1. The lowest BCUT2D eigenvalue weighted by Gasteiger charge is -2.24.